The van der Waals surface area contributed by atoms with Gasteiger partial charge in [0.15, 0.2) is 0 Å². The highest BCUT2D eigenvalue weighted by molar-refractivity contribution is 5.79. The van der Waals surface area contributed by atoms with E-state index in [0.717, 1.165) is 4.57 Å². The Bertz CT molecular complexity index is 807. The van der Waals surface area contributed by atoms with Gasteiger partial charge in [-0.15, -0.1) is 0 Å². The molecular weight excluding hydrogens is 298 g/mol. The van der Waals surface area contributed by atoms with Gasteiger partial charge < -0.3 is 10.1 Å². The molecule has 0 aliphatic heterocycles. The third-order valence-electron chi connectivity index (χ3n) is 3.60. The lowest BCUT2D eigenvalue weighted by Crippen LogP contribution is -2.43. The summed E-state index contributed by atoms with van der Waals surface area (Å²) >= 11 is 0. The molecule has 7 heteroatoms. The van der Waals surface area contributed by atoms with Crippen LogP contribution in [0, 0.1) is 0 Å². The van der Waals surface area contributed by atoms with Gasteiger partial charge in [-0.3, -0.25) is 18.7 Å². The van der Waals surface area contributed by atoms with Gasteiger partial charge in [-0.1, -0.05) is 12.1 Å². The second-order valence-electron chi connectivity index (χ2n) is 5.13. The summed E-state index contributed by atoms with van der Waals surface area (Å²) in [5.41, 5.74) is -0.327. The zero-order valence-electron chi connectivity index (χ0n) is 13.4. The number of amides is 1. The van der Waals surface area contributed by atoms with E-state index < -0.39 is 11.2 Å². The van der Waals surface area contributed by atoms with Crippen LogP contribution in [-0.4, -0.2) is 35.3 Å². The van der Waals surface area contributed by atoms with Gasteiger partial charge in [-0.2, -0.15) is 0 Å². The molecule has 1 aromatic carbocycles. The van der Waals surface area contributed by atoms with Gasteiger partial charge in [-0.25, -0.2) is 4.79 Å². The third kappa shape index (κ3) is 3.68. The molecule has 124 valence electrons. The molecule has 0 fully saturated rings. The molecule has 1 heterocycles. The SMILES string of the molecule is CCn1c(=O)n(CC(=O)NCCCOC)c(=O)c2ccccc21. The Morgan fingerprint density at radius 3 is 2.65 bits per heavy atom. The molecule has 0 aliphatic rings. The van der Waals surface area contributed by atoms with Gasteiger partial charge >= 0.3 is 5.69 Å². The number of nitrogens with zero attached hydrogens (tertiary/aromatic N) is 2. The fourth-order valence-electron chi connectivity index (χ4n) is 2.46. The predicted molar refractivity (Wildman–Crippen MR) is 87.6 cm³/mol. The number of aryl methyl sites for hydroxylation is 1. The second kappa shape index (κ2) is 7.73. The van der Waals surface area contributed by atoms with Crippen LogP contribution in [0.1, 0.15) is 13.3 Å². The zero-order valence-corrected chi connectivity index (χ0v) is 13.4. The van der Waals surface area contributed by atoms with Crippen molar-refractivity contribution in [3.8, 4) is 0 Å². The van der Waals surface area contributed by atoms with E-state index in [9.17, 15) is 14.4 Å². The molecular formula is C16H21N3O4. The maximum atomic E-state index is 12.5. The van der Waals surface area contributed by atoms with Crippen molar-refractivity contribution in [2.75, 3.05) is 20.3 Å². The van der Waals surface area contributed by atoms with Crippen molar-refractivity contribution < 1.29 is 9.53 Å². The van der Waals surface area contributed by atoms with Gasteiger partial charge in [0.2, 0.25) is 5.91 Å². The van der Waals surface area contributed by atoms with Crippen LogP contribution in [0.3, 0.4) is 0 Å². The van der Waals surface area contributed by atoms with Crippen molar-refractivity contribution in [3.05, 3.63) is 45.1 Å². The molecule has 7 nitrogen and oxygen atoms in total. The number of carbonyl (C=O) groups excluding carboxylic acids is 1. The molecule has 2 rings (SSSR count). The lowest BCUT2D eigenvalue weighted by atomic mass is 10.2. The van der Waals surface area contributed by atoms with Crippen molar-refractivity contribution in [2.24, 2.45) is 0 Å². The quantitative estimate of drug-likeness (QED) is 0.746. The molecule has 0 saturated carbocycles. The first kappa shape index (κ1) is 17.0. The van der Waals surface area contributed by atoms with Crippen LogP contribution in [-0.2, 0) is 22.6 Å². The number of benzene rings is 1. The standard InChI is InChI=1S/C16H21N3O4/c1-3-18-13-8-5-4-7-12(13)15(21)19(16(18)22)11-14(20)17-9-6-10-23-2/h4-5,7-8H,3,6,9-11H2,1-2H3,(H,17,20). The Kier molecular flexibility index (Phi) is 5.70. The van der Waals surface area contributed by atoms with Gasteiger partial charge in [-0.05, 0) is 25.5 Å². The smallest absolute Gasteiger partial charge is 0.331 e. The molecule has 0 aliphatic carbocycles. The van der Waals surface area contributed by atoms with E-state index in [1.54, 1.807) is 31.4 Å². The fraction of sp³-hybridized carbons (Fsp3) is 0.438. The number of hydrogen-bond donors (Lipinski definition) is 1. The number of rotatable bonds is 7. The summed E-state index contributed by atoms with van der Waals surface area (Å²) in [5.74, 6) is -0.363. The van der Waals surface area contributed by atoms with E-state index in [1.807, 2.05) is 6.92 Å². The van der Waals surface area contributed by atoms with Crippen molar-refractivity contribution >= 4 is 16.8 Å². The predicted octanol–water partition coefficient (Wildman–Crippen LogP) is 0.336. The van der Waals surface area contributed by atoms with E-state index in [1.165, 1.54) is 4.57 Å². The first-order valence-electron chi connectivity index (χ1n) is 7.58. The minimum atomic E-state index is -0.469. The molecule has 2 aromatic rings. The molecule has 0 saturated heterocycles. The summed E-state index contributed by atoms with van der Waals surface area (Å²) in [6, 6.07) is 6.91. The van der Waals surface area contributed by atoms with Crippen LogP contribution >= 0.6 is 0 Å². The maximum Gasteiger partial charge on any atom is 0.331 e. The van der Waals surface area contributed by atoms with Crippen molar-refractivity contribution in [2.45, 2.75) is 26.4 Å². The summed E-state index contributed by atoms with van der Waals surface area (Å²) < 4.78 is 7.38. The third-order valence-corrected chi connectivity index (χ3v) is 3.60. The van der Waals surface area contributed by atoms with E-state index in [-0.39, 0.29) is 12.5 Å². The monoisotopic (exact) mass is 319 g/mol. The number of ether oxygens (including phenoxy) is 1. The zero-order chi connectivity index (χ0) is 16.8. The Labute approximate surface area is 133 Å². The number of methoxy groups -OCH3 is 1. The molecule has 0 bridgehead atoms. The lowest BCUT2D eigenvalue weighted by Gasteiger charge is -2.12. The topological polar surface area (TPSA) is 82.3 Å². The number of fused-ring (bicyclic) bond motifs is 1. The Morgan fingerprint density at radius 2 is 1.96 bits per heavy atom. The minimum Gasteiger partial charge on any atom is -0.385 e. The Hall–Kier alpha value is -2.41. The highest BCUT2D eigenvalue weighted by Crippen LogP contribution is 2.06. The molecule has 0 radical (unpaired) electrons. The number of hydrogen-bond acceptors (Lipinski definition) is 4. The first-order chi connectivity index (χ1) is 11.1. The molecule has 23 heavy (non-hydrogen) atoms. The van der Waals surface area contributed by atoms with Crippen LogP contribution in [0.2, 0.25) is 0 Å². The summed E-state index contributed by atoms with van der Waals surface area (Å²) in [4.78, 5) is 36.9. The molecule has 0 atom stereocenters. The first-order valence-corrected chi connectivity index (χ1v) is 7.58. The summed E-state index contributed by atoms with van der Waals surface area (Å²) in [5, 5.41) is 3.11. The molecule has 1 N–H and O–H groups in total. The normalized spacial score (nSPS) is 10.9. The van der Waals surface area contributed by atoms with Gasteiger partial charge in [0, 0.05) is 26.8 Å². The van der Waals surface area contributed by atoms with Gasteiger partial charge in [0.05, 0.1) is 10.9 Å². The summed E-state index contributed by atoms with van der Waals surface area (Å²) in [6.45, 7) is 2.95. The molecule has 1 amide bonds. The van der Waals surface area contributed by atoms with Crippen LogP contribution in [0.4, 0.5) is 0 Å². The number of para-hydroxylation sites is 1. The minimum absolute atomic E-state index is 0.282. The van der Waals surface area contributed by atoms with E-state index in [0.29, 0.717) is 37.0 Å². The van der Waals surface area contributed by atoms with E-state index in [4.69, 9.17) is 4.74 Å². The van der Waals surface area contributed by atoms with Crippen LogP contribution in [0.15, 0.2) is 33.9 Å². The number of aromatic nitrogens is 2. The summed E-state index contributed by atoms with van der Waals surface area (Å²) in [6.07, 6.45) is 0.675. The van der Waals surface area contributed by atoms with E-state index >= 15 is 0 Å². The highest BCUT2D eigenvalue weighted by atomic mass is 16.5. The number of carbonyl (C=O) groups is 1. The van der Waals surface area contributed by atoms with Crippen molar-refractivity contribution in [3.63, 3.8) is 0 Å². The molecule has 0 unspecified atom stereocenters. The van der Waals surface area contributed by atoms with Crippen molar-refractivity contribution in [1.29, 1.82) is 0 Å². The van der Waals surface area contributed by atoms with E-state index in [2.05, 4.69) is 5.32 Å². The molecule has 1 aromatic heterocycles. The van der Waals surface area contributed by atoms with Crippen molar-refractivity contribution in [1.82, 2.24) is 14.5 Å². The summed E-state index contributed by atoms with van der Waals surface area (Å²) in [7, 11) is 1.59. The average Bonchev–Trinajstić information content (AvgIpc) is 2.56. The highest BCUT2D eigenvalue weighted by Gasteiger charge is 2.14. The van der Waals surface area contributed by atoms with Crippen LogP contribution in [0.25, 0.3) is 10.9 Å². The Balaban J connectivity index is 2.32. The Morgan fingerprint density at radius 1 is 1.22 bits per heavy atom. The van der Waals surface area contributed by atoms with Crippen LogP contribution in [0.5, 0.6) is 0 Å². The van der Waals surface area contributed by atoms with Gasteiger partial charge in [0.25, 0.3) is 5.56 Å². The number of nitrogens with one attached hydrogen (secondary N) is 1. The molecule has 0 spiro atoms. The second-order valence-corrected chi connectivity index (χ2v) is 5.13. The van der Waals surface area contributed by atoms with Gasteiger partial charge in [0.1, 0.15) is 6.54 Å². The largest absolute Gasteiger partial charge is 0.385 e. The fourth-order valence-corrected chi connectivity index (χ4v) is 2.46. The lowest BCUT2D eigenvalue weighted by molar-refractivity contribution is -0.121. The van der Waals surface area contributed by atoms with Crippen LogP contribution < -0.4 is 16.6 Å². The average molecular weight is 319 g/mol. The maximum absolute atomic E-state index is 12.5.